The van der Waals surface area contributed by atoms with E-state index in [1.165, 1.54) is 6.42 Å². The maximum absolute atomic E-state index is 12.1. The summed E-state index contributed by atoms with van der Waals surface area (Å²) in [5.74, 6) is -0.217. The lowest BCUT2D eigenvalue weighted by atomic mass is 9.95. The van der Waals surface area contributed by atoms with Gasteiger partial charge in [0, 0.05) is 19.6 Å². The van der Waals surface area contributed by atoms with Crippen molar-refractivity contribution in [2.45, 2.75) is 32.7 Å². The topological polar surface area (TPSA) is 69.6 Å². The van der Waals surface area contributed by atoms with Crippen LogP contribution in [0.3, 0.4) is 0 Å². The molecule has 1 aromatic carbocycles. The molecule has 0 aliphatic carbocycles. The lowest BCUT2D eigenvalue weighted by Gasteiger charge is -2.31. The number of urea groups is 1. The standard InChI is InChI=1S/C16H22N2O3/c1-2-12-6-8-18(9-7-12)16(21)17-11-13-4-3-5-14(10-13)15(19)20/h3-5,10,12H,2,6-9,11H2,1H3,(H,17,21)(H,19,20). The van der Waals surface area contributed by atoms with Crippen molar-refractivity contribution >= 4 is 12.0 Å². The van der Waals surface area contributed by atoms with Crippen molar-refractivity contribution in [2.24, 2.45) is 5.92 Å². The highest BCUT2D eigenvalue weighted by Crippen LogP contribution is 2.19. The number of rotatable bonds is 4. The number of nitrogens with zero attached hydrogens (tertiary/aromatic N) is 1. The van der Waals surface area contributed by atoms with Gasteiger partial charge in [-0.2, -0.15) is 0 Å². The molecule has 0 unspecified atom stereocenters. The van der Waals surface area contributed by atoms with Crippen LogP contribution in [0.15, 0.2) is 24.3 Å². The lowest BCUT2D eigenvalue weighted by molar-refractivity contribution is 0.0696. The number of hydrogen-bond donors (Lipinski definition) is 2. The Balaban J connectivity index is 1.84. The zero-order valence-corrected chi connectivity index (χ0v) is 12.3. The molecule has 5 heteroatoms. The summed E-state index contributed by atoms with van der Waals surface area (Å²) >= 11 is 0. The van der Waals surface area contributed by atoms with Crippen LogP contribution >= 0.6 is 0 Å². The monoisotopic (exact) mass is 290 g/mol. The van der Waals surface area contributed by atoms with Crippen LogP contribution in [0.2, 0.25) is 0 Å². The first kappa shape index (κ1) is 15.4. The van der Waals surface area contributed by atoms with E-state index in [1.807, 2.05) is 11.0 Å². The quantitative estimate of drug-likeness (QED) is 0.895. The van der Waals surface area contributed by atoms with Gasteiger partial charge in [0.15, 0.2) is 0 Å². The first-order valence-corrected chi connectivity index (χ1v) is 7.45. The Labute approximate surface area is 125 Å². The molecule has 0 radical (unpaired) electrons. The third kappa shape index (κ3) is 4.21. The number of carboxylic acid groups (broad SMARTS) is 1. The van der Waals surface area contributed by atoms with Crippen molar-refractivity contribution < 1.29 is 14.7 Å². The van der Waals surface area contributed by atoms with E-state index in [9.17, 15) is 9.59 Å². The molecule has 1 aromatic rings. The van der Waals surface area contributed by atoms with Crippen molar-refractivity contribution in [1.29, 1.82) is 0 Å². The smallest absolute Gasteiger partial charge is 0.335 e. The average Bonchev–Trinajstić information content (AvgIpc) is 2.53. The number of hydrogen-bond acceptors (Lipinski definition) is 2. The maximum Gasteiger partial charge on any atom is 0.335 e. The van der Waals surface area contributed by atoms with Gasteiger partial charge in [-0.3, -0.25) is 0 Å². The third-order valence-corrected chi connectivity index (χ3v) is 4.10. The van der Waals surface area contributed by atoms with Crippen LogP contribution in [0.1, 0.15) is 42.1 Å². The molecule has 1 aliphatic rings. The van der Waals surface area contributed by atoms with Gasteiger partial charge >= 0.3 is 12.0 Å². The molecular weight excluding hydrogens is 268 g/mol. The van der Waals surface area contributed by atoms with Crippen LogP contribution in [0.5, 0.6) is 0 Å². The second kappa shape index (κ2) is 7.11. The lowest BCUT2D eigenvalue weighted by Crippen LogP contribution is -2.44. The maximum atomic E-state index is 12.1. The second-order valence-corrected chi connectivity index (χ2v) is 5.50. The number of nitrogens with one attached hydrogen (secondary N) is 1. The molecule has 5 nitrogen and oxygen atoms in total. The Morgan fingerprint density at radius 1 is 1.33 bits per heavy atom. The Hall–Kier alpha value is -2.04. The molecule has 0 atom stereocenters. The van der Waals surface area contributed by atoms with Gasteiger partial charge in [-0.05, 0) is 36.5 Å². The van der Waals surface area contributed by atoms with E-state index in [0.717, 1.165) is 37.4 Å². The van der Waals surface area contributed by atoms with Crippen molar-refractivity contribution in [2.75, 3.05) is 13.1 Å². The van der Waals surface area contributed by atoms with Crippen molar-refractivity contribution in [3.05, 3.63) is 35.4 Å². The van der Waals surface area contributed by atoms with E-state index in [1.54, 1.807) is 18.2 Å². The van der Waals surface area contributed by atoms with Crippen LogP contribution in [0.4, 0.5) is 4.79 Å². The Bertz CT molecular complexity index is 508. The summed E-state index contributed by atoms with van der Waals surface area (Å²) in [6.45, 7) is 4.16. The molecule has 0 aromatic heterocycles. The minimum atomic E-state index is -0.954. The fourth-order valence-electron chi connectivity index (χ4n) is 2.65. The molecule has 21 heavy (non-hydrogen) atoms. The van der Waals surface area contributed by atoms with Crippen LogP contribution in [-0.4, -0.2) is 35.1 Å². The summed E-state index contributed by atoms with van der Waals surface area (Å²) in [5.41, 5.74) is 1.04. The molecule has 0 bridgehead atoms. The van der Waals surface area contributed by atoms with Gasteiger partial charge < -0.3 is 15.3 Å². The number of likely N-dealkylation sites (tertiary alicyclic amines) is 1. The minimum Gasteiger partial charge on any atom is -0.478 e. The highest BCUT2D eigenvalue weighted by atomic mass is 16.4. The normalized spacial score (nSPS) is 15.8. The molecule has 1 aliphatic heterocycles. The molecule has 114 valence electrons. The second-order valence-electron chi connectivity index (χ2n) is 5.50. The van der Waals surface area contributed by atoms with Gasteiger partial charge in [0.25, 0.3) is 0 Å². The molecule has 0 spiro atoms. The largest absolute Gasteiger partial charge is 0.478 e. The first-order chi connectivity index (χ1) is 10.1. The summed E-state index contributed by atoms with van der Waals surface area (Å²) in [7, 11) is 0. The number of amides is 2. The summed E-state index contributed by atoms with van der Waals surface area (Å²) in [4.78, 5) is 24.8. The van der Waals surface area contributed by atoms with E-state index in [-0.39, 0.29) is 11.6 Å². The predicted octanol–water partition coefficient (Wildman–Crippen LogP) is 2.72. The Kier molecular flexibility index (Phi) is 5.20. The van der Waals surface area contributed by atoms with E-state index in [2.05, 4.69) is 12.2 Å². The predicted molar refractivity (Wildman–Crippen MR) is 80.2 cm³/mol. The summed E-state index contributed by atoms with van der Waals surface area (Å²) in [6.07, 6.45) is 3.31. The van der Waals surface area contributed by atoms with Crippen molar-refractivity contribution in [1.82, 2.24) is 10.2 Å². The van der Waals surface area contributed by atoms with Crippen LogP contribution < -0.4 is 5.32 Å². The first-order valence-electron chi connectivity index (χ1n) is 7.45. The third-order valence-electron chi connectivity index (χ3n) is 4.10. The van der Waals surface area contributed by atoms with Gasteiger partial charge in [-0.1, -0.05) is 25.5 Å². The Morgan fingerprint density at radius 3 is 2.67 bits per heavy atom. The number of aromatic carboxylic acids is 1. The van der Waals surface area contributed by atoms with Crippen LogP contribution in [0, 0.1) is 5.92 Å². The highest BCUT2D eigenvalue weighted by Gasteiger charge is 2.21. The Morgan fingerprint density at radius 2 is 2.05 bits per heavy atom. The summed E-state index contributed by atoms with van der Waals surface area (Å²) in [5, 5.41) is 11.8. The van der Waals surface area contributed by atoms with Crippen molar-refractivity contribution in [3.63, 3.8) is 0 Å². The van der Waals surface area contributed by atoms with E-state index < -0.39 is 5.97 Å². The number of carbonyl (C=O) groups is 2. The summed E-state index contributed by atoms with van der Waals surface area (Å²) in [6, 6.07) is 6.58. The molecular formula is C16H22N2O3. The number of piperidine rings is 1. The zero-order valence-electron chi connectivity index (χ0n) is 12.3. The number of benzene rings is 1. The molecule has 1 heterocycles. The van der Waals surface area contributed by atoms with Crippen molar-refractivity contribution in [3.8, 4) is 0 Å². The van der Waals surface area contributed by atoms with Gasteiger partial charge in [-0.15, -0.1) is 0 Å². The fraction of sp³-hybridized carbons (Fsp3) is 0.500. The SMILES string of the molecule is CCC1CCN(C(=O)NCc2cccc(C(=O)O)c2)CC1. The molecule has 1 saturated heterocycles. The number of carboxylic acids is 1. The molecule has 2 rings (SSSR count). The average molecular weight is 290 g/mol. The van der Waals surface area contributed by atoms with Crippen LogP contribution in [-0.2, 0) is 6.54 Å². The summed E-state index contributed by atoms with van der Waals surface area (Å²) < 4.78 is 0. The minimum absolute atomic E-state index is 0.0646. The molecule has 2 amide bonds. The molecule has 1 fully saturated rings. The van der Waals surface area contributed by atoms with E-state index in [0.29, 0.717) is 6.54 Å². The molecule has 2 N–H and O–H groups in total. The number of carbonyl (C=O) groups excluding carboxylic acids is 1. The van der Waals surface area contributed by atoms with Gasteiger partial charge in [0.1, 0.15) is 0 Å². The van der Waals surface area contributed by atoms with E-state index in [4.69, 9.17) is 5.11 Å². The highest BCUT2D eigenvalue weighted by molar-refractivity contribution is 5.87. The van der Waals surface area contributed by atoms with Gasteiger partial charge in [0.2, 0.25) is 0 Å². The van der Waals surface area contributed by atoms with Crippen LogP contribution in [0.25, 0.3) is 0 Å². The molecule has 0 saturated carbocycles. The van der Waals surface area contributed by atoms with Gasteiger partial charge in [0.05, 0.1) is 5.56 Å². The van der Waals surface area contributed by atoms with Gasteiger partial charge in [-0.25, -0.2) is 9.59 Å². The van der Waals surface area contributed by atoms with E-state index >= 15 is 0 Å². The zero-order chi connectivity index (χ0) is 15.2. The fourth-order valence-corrected chi connectivity index (χ4v) is 2.65.